The summed E-state index contributed by atoms with van der Waals surface area (Å²) in [6.45, 7) is 2.31. The van der Waals surface area contributed by atoms with E-state index in [9.17, 15) is 0 Å². The minimum Gasteiger partial charge on any atom is -0.385 e. The van der Waals surface area contributed by atoms with Gasteiger partial charge in [0.2, 0.25) is 0 Å². The molecule has 1 nitrogen and oxygen atoms in total. The largest absolute Gasteiger partial charge is 0.385 e. The van der Waals surface area contributed by atoms with E-state index in [1.54, 1.807) is 0 Å². The molecule has 0 atom stereocenters. The molecule has 0 aliphatic heterocycles. The van der Waals surface area contributed by atoms with Crippen LogP contribution in [0.2, 0.25) is 6.55 Å². The molecule has 13 heavy (non-hydrogen) atoms. The number of nitrogens with zero attached hydrogens (tertiary/aromatic N) is 1. The van der Waals surface area contributed by atoms with Gasteiger partial charge in [0, 0.05) is 14.1 Å². The zero-order valence-electron chi connectivity index (χ0n) is 8.62. The van der Waals surface area contributed by atoms with Gasteiger partial charge in [0.15, 0.2) is 0 Å². The van der Waals surface area contributed by atoms with Gasteiger partial charge < -0.3 is 4.90 Å². The van der Waals surface area contributed by atoms with Crippen molar-refractivity contribution < 1.29 is 0 Å². The summed E-state index contributed by atoms with van der Waals surface area (Å²) in [5, 5.41) is 1.49. The lowest BCUT2D eigenvalue weighted by Crippen LogP contribution is -2.14. The van der Waals surface area contributed by atoms with Crippen molar-refractivity contribution >= 4 is 15.6 Å². The molecule has 0 heterocycles. The van der Waals surface area contributed by atoms with Gasteiger partial charge in [0.05, 0.1) is 9.52 Å². The third-order valence-corrected chi connectivity index (χ3v) is 3.63. The topological polar surface area (TPSA) is 3.24 Å². The third-order valence-electron chi connectivity index (χ3n) is 2.07. The molecule has 0 aliphatic rings. The van der Waals surface area contributed by atoms with Gasteiger partial charge in [0.25, 0.3) is 0 Å². The average molecular weight is 191 g/mol. The Morgan fingerprint density at radius 3 is 2.31 bits per heavy atom. The predicted octanol–water partition coefficient (Wildman–Crippen LogP) is 1.76. The van der Waals surface area contributed by atoms with E-state index < -0.39 is 0 Å². The van der Waals surface area contributed by atoms with Crippen molar-refractivity contribution in [3.8, 4) is 0 Å². The molecule has 70 valence electrons. The molecule has 0 saturated heterocycles. The van der Waals surface area contributed by atoms with E-state index in [4.69, 9.17) is 0 Å². The van der Waals surface area contributed by atoms with Crippen LogP contribution in [-0.4, -0.2) is 28.5 Å². The zero-order chi connectivity index (χ0) is 9.68. The van der Waals surface area contributed by atoms with Gasteiger partial charge in [-0.25, -0.2) is 0 Å². The van der Waals surface area contributed by atoms with Gasteiger partial charge in [-0.05, 0) is 17.0 Å². The molecule has 0 amide bonds. The molecule has 0 saturated carbocycles. The Bertz CT molecular complexity index is 277. The second-order valence-electron chi connectivity index (χ2n) is 3.29. The minimum absolute atomic E-state index is 0.0763. The molecule has 0 bridgehead atoms. The lowest BCUT2D eigenvalue weighted by atomic mass is 10.2. The first kappa shape index (κ1) is 10.1. The summed E-state index contributed by atoms with van der Waals surface area (Å²) in [4.78, 5) is 2.22. The fourth-order valence-corrected chi connectivity index (χ4v) is 2.36. The summed E-state index contributed by atoms with van der Waals surface area (Å²) in [7, 11) is 4.16. The highest BCUT2D eigenvalue weighted by atomic mass is 28.2. The SMILES string of the molecule is C[SiH2]C(=Cc1ccccc1)N(C)C. The van der Waals surface area contributed by atoms with Crippen molar-refractivity contribution in [3.63, 3.8) is 0 Å². The van der Waals surface area contributed by atoms with Crippen LogP contribution in [0.3, 0.4) is 0 Å². The van der Waals surface area contributed by atoms with Crippen molar-refractivity contribution in [2.45, 2.75) is 6.55 Å². The first-order valence-corrected chi connectivity index (χ1v) is 6.79. The molecule has 1 rings (SSSR count). The summed E-state index contributed by atoms with van der Waals surface area (Å²) < 4.78 is 0. The van der Waals surface area contributed by atoms with Crippen LogP contribution < -0.4 is 0 Å². The number of rotatable bonds is 3. The van der Waals surface area contributed by atoms with Gasteiger partial charge in [-0.2, -0.15) is 0 Å². The molecule has 0 aliphatic carbocycles. The van der Waals surface area contributed by atoms with Crippen LogP contribution in [0, 0.1) is 0 Å². The maximum atomic E-state index is 2.31. The molecule has 0 aromatic heterocycles. The van der Waals surface area contributed by atoms with E-state index in [0.717, 1.165) is 0 Å². The summed E-state index contributed by atoms with van der Waals surface area (Å²) in [5.41, 5.74) is 1.31. The monoisotopic (exact) mass is 191 g/mol. The molecular weight excluding hydrogens is 174 g/mol. The molecule has 0 unspecified atom stereocenters. The van der Waals surface area contributed by atoms with Gasteiger partial charge in [-0.15, -0.1) is 0 Å². The fraction of sp³-hybridized carbons (Fsp3) is 0.273. The molecule has 0 radical (unpaired) electrons. The van der Waals surface area contributed by atoms with E-state index >= 15 is 0 Å². The number of hydrogen-bond donors (Lipinski definition) is 0. The van der Waals surface area contributed by atoms with Crippen molar-refractivity contribution in [2.75, 3.05) is 14.1 Å². The van der Waals surface area contributed by atoms with E-state index in [-0.39, 0.29) is 9.52 Å². The molecule has 2 heteroatoms. The van der Waals surface area contributed by atoms with E-state index in [1.807, 2.05) is 0 Å². The lowest BCUT2D eigenvalue weighted by molar-refractivity contribution is 0.549. The van der Waals surface area contributed by atoms with Crippen LogP contribution in [0.4, 0.5) is 0 Å². The first-order valence-electron chi connectivity index (χ1n) is 4.67. The number of hydrogen-bond acceptors (Lipinski definition) is 1. The second kappa shape index (κ2) is 4.87. The molecule has 0 fully saturated rings. The Labute approximate surface area is 82.9 Å². The van der Waals surface area contributed by atoms with Crippen LogP contribution in [0.1, 0.15) is 5.56 Å². The van der Waals surface area contributed by atoms with E-state index in [2.05, 4.69) is 62.0 Å². The van der Waals surface area contributed by atoms with Gasteiger partial charge in [-0.3, -0.25) is 0 Å². The van der Waals surface area contributed by atoms with Crippen molar-refractivity contribution in [2.24, 2.45) is 0 Å². The zero-order valence-corrected chi connectivity index (χ0v) is 10.0. The predicted molar refractivity (Wildman–Crippen MR) is 62.5 cm³/mol. The smallest absolute Gasteiger partial charge is 0.0722 e. The van der Waals surface area contributed by atoms with Gasteiger partial charge in [0.1, 0.15) is 0 Å². The van der Waals surface area contributed by atoms with E-state index in [1.165, 1.54) is 10.9 Å². The van der Waals surface area contributed by atoms with Crippen molar-refractivity contribution in [1.82, 2.24) is 4.90 Å². The van der Waals surface area contributed by atoms with Crippen molar-refractivity contribution in [3.05, 3.63) is 41.2 Å². The Hall–Kier alpha value is -1.02. The summed E-state index contributed by atoms with van der Waals surface area (Å²) in [6.07, 6.45) is 2.28. The van der Waals surface area contributed by atoms with Crippen LogP contribution in [0.15, 0.2) is 35.7 Å². The van der Waals surface area contributed by atoms with Crippen molar-refractivity contribution in [1.29, 1.82) is 0 Å². The Kier molecular flexibility index (Phi) is 3.77. The van der Waals surface area contributed by atoms with Crippen LogP contribution >= 0.6 is 0 Å². The second-order valence-corrected chi connectivity index (χ2v) is 4.73. The van der Waals surface area contributed by atoms with Crippen LogP contribution in [0.25, 0.3) is 6.08 Å². The lowest BCUT2D eigenvalue weighted by Gasteiger charge is -2.15. The number of benzene rings is 1. The third kappa shape index (κ3) is 3.07. The summed E-state index contributed by atoms with van der Waals surface area (Å²) in [6, 6.07) is 10.5. The molecule has 1 aromatic rings. The normalized spacial score (nSPS) is 12.4. The fourth-order valence-electron chi connectivity index (χ4n) is 1.29. The molecular formula is C11H17NSi. The Morgan fingerprint density at radius 1 is 1.23 bits per heavy atom. The van der Waals surface area contributed by atoms with Gasteiger partial charge >= 0.3 is 0 Å². The maximum absolute atomic E-state index is 2.31. The maximum Gasteiger partial charge on any atom is 0.0722 e. The first-order chi connectivity index (χ1) is 6.24. The summed E-state index contributed by atoms with van der Waals surface area (Å²) >= 11 is 0. The van der Waals surface area contributed by atoms with Crippen LogP contribution in [0.5, 0.6) is 0 Å². The Morgan fingerprint density at radius 2 is 1.85 bits per heavy atom. The van der Waals surface area contributed by atoms with Crippen LogP contribution in [-0.2, 0) is 0 Å². The highest BCUT2D eigenvalue weighted by Gasteiger charge is 1.96. The van der Waals surface area contributed by atoms with Gasteiger partial charge in [-0.1, -0.05) is 36.9 Å². The molecule has 0 spiro atoms. The standard InChI is InChI=1S/C11H17NSi/c1-12(2)11(13-3)9-10-7-5-4-6-8-10/h4-9H,13H2,1-3H3. The highest BCUT2D eigenvalue weighted by Crippen LogP contribution is 2.06. The minimum atomic E-state index is -0.0763. The quantitative estimate of drug-likeness (QED) is 0.658. The highest BCUT2D eigenvalue weighted by molar-refractivity contribution is 6.44. The molecule has 0 N–H and O–H groups in total. The average Bonchev–Trinajstić information content (AvgIpc) is 2.15. The summed E-state index contributed by atoms with van der Waals surface area (Å²) in [5.74, 6) is 0. The van der Waals surface area contributed by atoms with E-state index in [0.29, 0.717) is 0 Å². The Balaban J connectivity index is 2.85. The molecule has 1 aromatic carbocycles.